The van der Waals surface area contributed by atoms with Crippen molar-refractivity contribution in [2.45, 2.75) is 100 Å². The number of hydrogen-bond acceptors (Lipinski definition) is 19. The summed E-state index contributed by atoms with van der Waals surface area (Å²) in [5.74, 6) is 0.0628. The molecule has 0 unspecified atom stereocenters. The summed E-state index contributed by atoms with van der Waals surface area (Å²) in [6.45, 7) is 8.48. The van der Waals surface area contributed by atoms with E-state index < -0.39 is 58.3 Å². The molecular weight excluding hydrogens is 1470 g/mol. The molecule has 3 spiro atoms. The highest BCUT2D eigenvalue weighted by atomic mass is 35.5. The topological polar surface area (TPSA) is 263 Å². The number of rotatable bonds is 17. The molecule has 104 heavy (non-hydrogen) atoms. The van der Waals surface area contributed by atoms with Gasteiger partial charge >= 0.3 is 64.8 Å². The Hall–Kier alpha value is -7.59. The summed E-state index contributed by atoms with van der Waals surface area (Å²) in [7, 11) is -16.5. The highest BCUT2D eigenvalue weighted by Crippen LogP contribution is 2.55. The largest absolute Gasteiger partial charge is 0.534 e. The average Bonchev–Trinajstić information content (AvgIpc) is 1.58. The lowest BCUT2D eigenvalue weighted by Crippen LogP contribution is -2.58. The van der Waals surface area contributed by atoms with Crippen LogP contribution in [-0.2, 0) is 103 Å². The fourth-order valence-electron chi connectivity index (χ4n) is 15.0. The number of carboxylic acids is 1. The van der Waals surface area contributed by atoms with Crippen molar-refractivity contribution in [3.8, 4) is 28.4 Å². The average molecular weight is 1540 g/mol. The zero-order valence-corrected chi connectivity index (χ0v) is 59.4. The second-order valence-corrected chi connectivity index (χ2v) is 34.1. The monoisotopic (exact) mass is 1540 g/mol. The summed E-state index contributed by atoms with van der Waals surface area (Å²) in [4.78, 5) is 46.0. The number of methoxy groups -OCH3 is 2. The molecular formula is C71H74ClF9N4O16S3. The van der Waals surface area contributed by atoms with E-state index in [0.29, 0.717) is 36.2 Å². The molecule has 562 valence electrons. The van der Waals surface area contributed by atoms with Gasteiger partial charge in [0, 0.05) is 92.6 Å². The maximum absolute atomic E-state index is 12.5. The Labute approximate surface area is 599 Å². The Morgan fingerprint density at radius 1 is 0.481 bits per heavy atom. The third-order valence-corrected chi connectivity index (χ3v) is 24.3. The van der Waals surface area contributed by atoms with Gasteiger partial charge < -0.3 is 43.3 Å². The van der Waals surface area contributed by atoms with Gasteiger partial charge in [0.15, 0.2) is 0 Å². The van der Waals surface area contributed by atoms with E-state index >= 15 is 0 Å². The van der Waals surface area contributed by atoms with Crippen LogP contribution in [0.1, 0.15) is 77.5 Å². The smallest absolute Gasteiger partial charge is 0.508 e. The quantitative estimate of drug-likeness (QED) is 0.0372. The van der Waals surface area contributed by atoms with Crippen LogP contribution in [0.4, 0.5) is 39.5 Å². The number of nitrogens with zero attached hydrogens (tertiary/aromatic N) is 4. The molecule has 15 rings (SSSR count). The summed E-state index contributed by atoms with van der Waals surface area (Å²) in [5, 5.41) is 19.8. The third-order valence-electron chi connectivity index (χ3n) is 20.5. The number of benzene rings is 5. The fourth-order valence-corrected chi connectivity index (χ4v) is 17.2. The number of aromatic hydroxyl groups is 1. The highest BCUT2D eigenvalue weighted by Gasteiger charge is 2.60. The van der Waals surface area contributed by atoms with Crippen molar-refractivity contribution in [3.05, 3.63) is 178 Å². The van der Waals surface area contributed by atoms with Gasteiger partial charge in [-0.25, -0.2) is 0 Å². The summed E-state index contributed by atoms with van der Waals surface area (Å²) in [6, 6.07) is 38.6. The van der Waals surface area contributed by atoms with Gasteiger partial charge in [-0.3, -0.25) is 19.4 Å². The minimum absolute atomic E-state index is 0.0178. The molecule has 6 aliphatic carbocycles. The minimum Gasteiger partial charge on any atom is -0.508 e. The molecule has 3 saturated carbocycles. The van der Waals surface area contributed by atoms with E-state index in [2.05, 4.69) is 60.3 Å². The number of alkyl halides is 9. The summed E-state index contributed by atoms with van der Waals surface area (Å²) in [5.41, 5.74) is -7.52. The lowest BCUT2D eigenvalue weighted by atomic mass is 9.76. The molecule has 0 radical (unpaired) electrons. The predicted molar refractivity (Wildman–Crippen MR) is 359 cm³/mol. The van der Waals surface area contributed by atoms with Crippen LogP contribution in [0.25, 0.3) is 11.1 Å². The number of aromatic nitrogens is 1. The van der Waals surface area contributed by atoms with Gasteiger partial charge in [0.05, 0.1) is 30.5 Å². The molecule has 4 heterocycles. The summed E-state index contributed by atoms with van der Waals surface area (Å²) in [6.07, 6.45) is 14.5. The number of fused-ring (bicyclic) bond motifs is 3. The summed E-state index contributed by atoms with van der Waals surface area (Å²) < 4.78 is 190. The molecule has 9 aliphatic rings. The molecule has 6 fully saturated rings. The number of esters is 2. The van der Waals surface area contributed by atoms with Crippen LogP contribution in [0, 0.1) is 32.5 Å². The SMILES string of the molecule is COC(=O)C1(CN2CC3(Cc4ccc(O)cc4C3)C2)CC1.COC(=O)C1(CN2CC3(Cc4ccc(OS(=O)(=O)C(F)(F)F)cc4C3)C2)CC1.O=C(O)C1(CN2CC3(Cc4ccc(-c5ccc(OCc6ccc(Cl)cc6)cc5)cc4C3)C2)CC1.O=S(=O)(OS(=O)(=O)C(F)(F)F)C(F)(F)F.c1ccncc1. The molecule has 33 heteroatoms. The number of carbonyl (C=O) groups is 3. The van der Waals surface area contributed by atoms with E-state index in [1.165, 1.54) is 59.7 Å². The Bertz CT molecular complexity index is 4460. The number of phenols is 1. The molecule has 6 aromatic rings. The zero-order chi connectivity index (χ0) is 75.3. The Morgan fingerprint density at radius 2 is 0.865 bits per heavy atom. The van der Waals surface area contributed by atoms with Gasteiger partial charge in [-0.15, -0.1) is 3.63 Å². The zero-order valence-electron chi connectivity index (χ0n) is 56.2. The van der Waals surface area contributed by atoms with Gasteiger partial charge in [-0.2, -0.15) is 64.8 Å². The lowest BCUT2D eigenvalue weighted by molar-refractivity contribution is -0.150. The molecule has 0 atom stereocenters. The standard InChI is InChI=1S/C29H28ClNO3.C18H20F3NO5S.C17H21NO3.C5H5N.C2F6O5S2/c30-25-7-1-20(2-8-25)16-34-26-9-5-21(6-10-26)22-3-4-23-14-28(15-24(23)13-22)17-31(18-28)19-29(11-12-29)27(32)33;1-26-15(23)17(4-5-17)11-22-9-16(10-22)7-12-2-3-14(6-13(12)8-16)27-28(24,25)18(19,20)21;1-21-15(20)17(4-5-17)11-18-9-16(10-18)7-12-2-3-14(19)6-13(12)8-16;1-2-4-6-5-3-1;3-1(4,5)14(9,10)13-15(11,12)2(6,7)8/h1-10,13H,11-12,14-19H2,(H,32,33);2-3,6H,4-5,7-11H2,1H3;2-3,6,19H,4-5,7-11H2,1H3;1-5H;. The maximum Gasteiger partial charge on any atom is 0.534 e. The Kier molecular flexibility index (Phi) is 21.6. The number of halogens is 10. The van der Waals surface area contributed by atoms with Gasteiger partial charge in [0.1, 0.15) is 23.9 Å². The predicted octanol–water partition coefficient (Wildman–Crippen LogP) is 11.6. The highest BCUT2D eigenvalue weighted by molar-refractivity contribution is 8.00. The minimum atomic E-state index is -6.85. The number of pyridine rings is 1. The molecule has 20 nitrogen and oxygen atoms in total. The number of likely N-dealkylation sites (tertiary alicyclic amines) is 3. The third kappa shape index (κ3) is 17.6. The first kappa shape index (κ1) is 77.5. The number of ether oxygens (including phenoxy) is 3. The van der Waals surface area contributed by atoms with Crippen molar-refractivity contribution >= 4 is 59.9 Å². The number of aliphatic carboxylic acids is 1. The summed E-state index contributed by atoms with van der Waals surface area (Å²) >= 11 is 5.95. The van der Waals surface area contributed by atoms with Crippen LogP contribution >= 0.6 is 11.6 Å². The van der Waals surface area contributed by atoms with Gasteiger partial charge in [-0.1, -0.05) is 72.3 Å². The van der Waals surface area contributed by atoms with Crippen molar-refractivity contribution in [1.82, 2.24) is 19.7 Å². The van der Waals surface area contributed by atoms with Crippen molar-refractivity contribution < 1.29 is 111 Å². The normalized spacial score (nSPS) is 20.0. The van der Waals surface area contributed by atoms with Crippen molar-refractivity contribution in [2.24, 2.45) is 32.5 Å². The first-order chi connectivity index (χ1) is 48.6. The molecule has 0 amide bonds. The van der Waals surface area contributed by atoms with Gasteiger partial charge in [0.25, 0.3) is 0 Å². The number of hydrogen-bond donors (Lipinski definition) is 2. The van der Waals surface area contributed by atoms with Crippen LogP contribution in [0.2, 0.25) is 5.02 Å². The van der Waals surface area contributed by atoms with E-state index in [-0.39, 0.29) is 33.9 Å². The molecule has 3 aliphatic heterocycles. The molecule has 1 aromatic heterocycles. The van der Waals surface area contributed by atoms with E-state index in [4.69, 9.17) is 25.8 Å². The Balaban J connectivity index is 0.000000140. The van der Waals surface area contributed by atoms with Crippen LogP contribution in [-0.4, -0.2) is 163 Å². The fraction of sp³-hybridized carbons (Fsp3) is 0.465. The molecule has 0 bridgehead atoms. The number of phenolic OH excluding ortho intramolecular Hbond substituents is 1. The van der Waals surface area contributed by atoms with Crippen LogP contribution in [0.3, 0.4) is 0 Å². The van der Waals surface area contributed by atoms with Crippen LogP contribution in [0.5, 0.6) is 17.2 Å². The Morgan fingerprint density at radius 3 is 1.26 bits per heavy atom. The van der Waals surface area contributed by atoms with Crippen LogP contribution < -0.4 is 8.92 Å². The van der Waals surface area contributed by atoms with E-state index in [1.807, 2.05) is 64.3 Å². The molecule has 5 aromatic carbocycles. The van der Waals surface area contributed by atoms with Crippen molar-refractivity contribution in [3.63, 3.8) is 0 Å². The van der Waals surface area contributed by atoms with Crippen molar-refractivity contribution in [1.29, 1.82) is 0 Å². The number of carboxylic acid groups (broad SMARTS) is 1. The molecule has 2 N–H and O–H groups in total. The van der Waals surface area contributed by atoms with E-state index in [1.54, 1.807) is 24.5 Å². The second kappa shape index (κ2) is 28.9. The van der Waals surface area contributed by atoms with Crippen molar-refractivity contribution in [2.75, 3.05) is 73.1 Å². The van der Waals surface area contributed by atoms with Gasteiger partial charge in [-0.05, 0) is 188 Å². The maximum atomic E-state index is 12.5. The first-order valence-electron chi connectivity index (χ1n) is 32.9. The van der Waals surface area contributed by atoms with Gasteiger partial charge in [0.2, 0.25) is 0 Å². The second-order valence-electron chi connectivity index (χ2n) is 28.8. The number of carbonyl (C=O) groups excluding carboxylic acids is 2. The van der Waals surface area contributed by atoms with E-state index in [9.17, 15) is 89.4 Å². The first-order valence-corrected chi connectivity index (χ1v) is 37.5. The molecule has 3 saturated heterocycles. The van der Waals surface area contributed by atoms with E-state index in [0.717, 1.165) is 150 Å². The lowest BCUT2D eigenvalue weighted by Gasteiger charge is -2.49. The van der Waals surface area contributed by atoms with Crippen LogP contribution in [0.15, 0.2) is 134 Å².